The van der Waals surface area contributed by atoms with Crippen LogP contribution in [0.1, 0.15) is 41.4 Å². The molecule has 31 heavy (non-hydrogen) atoms. The van der Waals surface area contributed by atoms with E-state index in [9.17, 15) is 18.7 Å². The molecule has 1 saturated heterocycles. The number of benzene rings is 1. The summed E-state index contributed by atoms with van der Waals surface area (Å²) in [7, 11) is 0. The number of aliphatic hydroxyl groups is 1. The molecule has 1 aliphatic rings. The van der Waals surface area contributed by atoms with Crippen LogP contribution in [-0.4, -0.2) is 52.6 Å². The van der Waals surface area contributed by atoms with Crippen molar-refractivity contribution in [2.45, 2.75) is 31.8 Å². The van der Waals surface area contributed by atoms with E-state index in [0.717, 1.165) is 6.07 Å². The van der Waals surface area contributed by atoms with Gasteiger partial charge in [0.1, 0.15) is 23.7 Å². The molecule has 0 spiro atoms. The molecule has 3 rings (SSSR count). The van der Waals surface area contributed by atoms with Crippen molar-refractivity contribution in [2.24, 2.45) is 9.98 Å². The molecule has 1 aromatic heterocycles. The third kappa shape index (κ3) is 5.27. The lowest BCUT2D eigenvalue weighted by Crippen LogP contribution is -2.48. The molecule has 1 amide bonds. The minimum Gasteiger partial charge on any atom is -0.389 e. The van der Waals surface area contributed by atoms with Gasteiger partial charge in [-0.05, 0) is 50.2 Å². The van der Waals surface area contributed by atoms with Crippen LogP contribution in [0.25, 0.3) is 5.70 Å². The van der Waals surface area contributed by atoms with Crippen LogP contribution >= 0.6 is 0 Å². The highest BCUT2D eigenvalue weighted by atomic mass is 19.1. The largest absolute Gasteiger partial charge is 0.389 e. The molecule has 2 heterocycles. The van der Waals surface area contributed by atoms with Crippen molar-refractivity contribution in [1.29, 1.82) is 0 Å². The number of pyridine rings is 1. The molecule has 1 aromatic carbocycles. The van der Waals surface area contributed by atoms with Crippen molar-refractivity contribution < 1.29 is 18.7 Å². The number of hydrogen-bond donors (Lipinski definition) is 1. The van der Waals surface area contributed by atoms with Gasteiger partial charge >= 0.3 is 0 Å². The van der Waals surface area contributed by atoms with Crippen LogP contribution in [-0.2, 0) is 6.42 Å². The van der Waals surface area contributed by atoms with Crippen molar-refractivity contribution in [3.63, 3.8) is 0 Å². The Morgan fingerprint density at radius 2 is 2.06 bits per heavy atom. The van der Waals surface area contributed by atoms with Crippen LogP contribution in [0.2, 0.25) is 0 Å². The zero-order valence-electron chi connectivity index (χ0n) is 17.3. The SMILES string of the molecule is C=NC=N/C(=C\C)c1ncccc1C(=O)N1CCC(O)(Cc2ccc(F)cc2F)CC1. The van der Waals surface area contributed by atoms with Gasteiger partial charge in [-0.25, -0.2) is 13.8 Å². The van der Waals surface area contributed by atoms with E-state index in [4.69, 9.17) is 0 Å². The van der Waals surface area contributed by atoms with Crippen LogP contribution in [0.3, 0.4) is 0 Å². The maximum atomic E-state index is 14.0. The highest BCUT2D eigenvalue weighted by molar-refractivity contribution is 5.98. The molecule has 0 radical (unpaired) electrons. The quantitative estimate of drug-likeness (QED) is 0.566. The van der Waals surface area contributed by atoms with Crippen molar-refractivity contribution >= 4 is 24.7 Å². The second kappa shape index (κ2) is 9.70. The monoisotopic (exact) mass is 426 g/mol. The number of carbonyl (C=O) groups excluding carboxylic acids is 1. The maximum Gasteiger partial charge on any atom is 0.256 e. The number of aromatic nitrogens is 1. The normalized spacial score (nSPS) is 16.5. The summed E-state index contributed by atoms with van der Waals surface area (Å²) in [6.07, 6.45) is 5.21. The third-order valence-electron chi connectivity index (χ3n) is 5.35. The Balaban J connectivity index is 1.73. The molecule has 0 aliphatic carbocycles. The lowest BCUT2D eigenvalue weighted by atomic mass is 9.85. The van der Waals surface area contributed by atoms with E-state index in [2.05, 4.69) is 21.7 Å². The van der Waals surface area contributed by atoms with E-state index >= 15 is 0 Å². The molecule has 1 N–H and O–H groups in total. The molecule has 2 aromatic rings. The van der Waals surface area contributed by atoms with E-state index in [1.807, 2.05) is 0 Å². The molecule has 0 unspecified atom stereocenters. The first-order valence-electron chi connectivity index (χ1n) is 9.92. The molecule has 8 heteroatoms. The summed E-state index contributed by atoms with van der Waals surface area (Å²) in [4.78, 5) is 26.9. The van der Waals surface area contributed by atoms with Crippen molar-refractivity contribution in [3.05, 3.63) is 71.1 Å². The molecule has 0 saturated carbocycles. The number of carbonyl (C=O) groups is 1. The minimum absolute atomic E-state index is 0.0608. The molecule has 0 atom stereocenters. The van der Waals surface area contributed by atoms with Crippen LogP contribution in [0.4, 0.5) is 8.78 Å². The lowest BCUT2D eigenvalue weighted by molar-refractivity contribution is -0.0168. The number of halogens is 2. The second-order valence-electron chi connectivity index (χ2n) is 7.43. The summed E-state index contributed by atoms with van der Waals surface area (Å²) in [5, 5.41) is 10.9. The molecule has 1 fully saturated rings. The van der Waals surface area contributed by atoms with Gasteiger partial charge < -0.3 is 10.0 Å². The molecule has 0 bridgehead atoms. The average molecular weight is 426 g/mol. The number of piperidine rings is 1. The summed E-state index contributed by atoms with van der Waals surface area (Å²) >= 11 is 0. The van der Waals surface area contributed by atoms with Gasteiger partial charge in [-0.1, -0.05) is 12.1 Å². The Bertz CT molecular complexity index is 1030. The average Bonchev–Trinajstić information content (AvgIpc) is 2.77. The van der Waals surface area contributed by atoms with E-state index in [-0.39, 0.29) is 30.7 Å². The topological polar surface area (TPSA) is 78.2 Å². The van der Waals surface area contributed by atoms with Gasteiger partial charge in [0.15, 0.2) is 0 Å². The first-order chi connectivity index (χ1) is 14.9. The Morgan fingerprint density at radius 1 is 1.32 bits per heavy atom. The van der Waals surface area contributed by atoms with Gasteiger partial charge in [0.05, 0.1) is 16.9 Å². The van der Waals surface area contributed by atoms with Gasteiger partial charge in [-0.15, -0.1) is 0 Å². The Hall–Kier alpha value is -3.26. The van der Waals surface area contributed by atoms with Crippen molar-refractivity contribution in [1.82, 2.24) is 9.88 Å². The van der Waals surface area contributed by atoms with E-state index < -0.39 is 17.2 Å². The van der Waals surface area contributed by atoms with Crippen molar-refractivity contribution in [2.75, 3.05) is 13.1 Å². The molecular formula is C23H24F2N4O2. The zero-order valence-corrected chi connectivity index (χ0v) is 17.3. The van der Waals surface area contributed by atoms with E-state index in [1.165, 1.54) is 18.5 Å². The predicted molar refractivity (Wildman–Crippen MR) is 116 cm³/mol. The summed E-state index contributed by atoms with van der Waals surface area (Å²) in [6, 6.07) is 6.69. The number of likely N-dealkylation sites (tertiary alicyclic amines) is 1. The number of aliphatic imine (C=N–C) groups is 2. The summed E-state index contributed by atoms with van der Waals surface area (Å²) in [5.74, 6) is -1.56. The van der Waals surface area contributed by atoms with Crippen LogP contribution in [0, 0.1) is 11.6 Å². The van der Waals surface area contributed by atoms with Crippen LogP contribution in [0.15, 0.2) is 52.6 Å². The fourth-order valence-corrected chi connectivity index (χ4v) is 3.65. The second-order valence-corrected chi connectivity index (χ2v) is 7.43. The van der Waals surface area contributed by atoms with Crippen LogP contribution < -0.4 is 0 Å². The minimum atomic E-state index is -1.17. The smallest absolute Gasteiger partial charge is 0.256 e. The summed E-state index contributed by atoms with van der Waals surface area (Å²) < 4.78 is 27.1. The standard InChI is InChI=1S/C23H24F2N4O2/c1-3-20(28-15-26-2)21-18(5-4-10-27-21)22(30)29-11-8-23(31,9-12-29)14-16-6-7-17(24)13-19(16)25/h3-7,10,13,15,31H,2,8-9,11-12,14H2,1H3/b20-3-,28-15?. The van der Waals surface area contributed by atoms with Gasteiger partial charge in [-0.3, -0.25) is 14.8 Å². The van der Waals surface area contributed by atoms with Crippen LogP contribution in [0.5, 0.6) is 0 Å². The molecule has 6 nitrogen and oxygen atoms in total. The first-order valence-corrected chi connectivity index (χ1v) is 9.92. The fourth-order valence-electron chi connectivity index (χ4n) is 3.65. The lowest BCUT2D eigenvalue weighted by Gasteiger charge is -2.38. The Kier molecular flexibility index (Phi) is 7.02. The Labute approximate surface area is 179 Å². The predicted octanol–water partition coefficient (Wildman–Crippen LogP) is 3.66. The first kappa shape index (κ1) is 22.4. The number of nitrogens with zero attached hydrogens (tertiary/aromatic N) is 4. The molecule has 1 aliphatic heterocycles. The Morgan fingerprint density at radius 3 is 2.71 bits per heavy atom. The zero-order chi connectivity index (χ0) is 22.4. The van der Waals surface area contributed by atoms with E-state index in [1.54, 1.807) is 36.2 Å². The fraction of sp³-hybridized carbons (Fsp3) is 0.304. The van der Waals surface area contributed by atoms with Gasteiger partial charge in [0.2, 0.25) is 0 Å². The van der Waals surface area contributed by atoms with Gasteiger partial charge in [0.25, 0.3) is 5.91 Å². The summed E-state index contributed by atoms with van der Waals surface area (Å²) in [5.41, 5.74) is 0.416. The number of rotatable bonds is 6. The van der Waals surface area contributed by atoms with Crippen molar-refractivity contribution in [3.8, 4) is 0 Å². The third-order valence-corrected chi connectivity index (χ3v) is 5.35. The highest BCUT2D eigenvalue weighted by Crippen LogP contribution is 2.29. The maximum absolute atomic E-state index is 14.0. The number of allylic oxidation sites excluding steroid dienone is 1. The summed E-state index contributed by atoms with van der Waals surface area (Å²) in [6.45, 7) is 5.74. The highest BCUT2D eigenvalue weighted by Gasteiger charge is 2.35. The molecular weight excluding hydrogens is 402 g/mol. The molecule has 162 valence electrons. The number of amides is 1. The van der Waals surface area contributed by atoms with Gasteiger partial charge in [-0.2, -0.15) is 0 Å². The number of hydrogen-bond acceptors (Lipinski definition) is 4. The van der Waals surface area contributed by atoms with E-state index in [0.29, 0.717) is 30.0 Å². The van der Waals surface area contributed by atoms with Gasteiger partial charge in [0, 0.05) is 31.8 Å².